The van der Waals surface area contributed by atoms with Crippen LogP contribution in [-0.4, -0.2) is 18.4 Å². The molecule has 0 unspecified atom stereocenters. The van der Waals surface area contributed by atoms with E-state index >= 15 is 0 Å². The van der Waals surface area contributed by atoms with E-state index in [0.29, 0.717) is 0 Å². The van der Waals surface area contributed by atoms with Gasteiger partial charge in [0.2, 0.25) is 0 Å². The summed E-state index contributed by atoms with van der Waals surface area (Å²) in [6.45, 7) is -0.216. The second-order valence-corrected chi connectivity index (χ2v) is 2.76. The molecule has 1 rings (SSSR count). The number of nitrogens with one attached hydrogen (secondary N) is 2. The number of nitrogens with two attached hydrogens (primary N) is 1. The lowest BCUT2D eigenvalue weighted by Crippen LogP contribution is -2.40. The Bertz CT molecular complexity index is 364. The van der Waals surface area contributed by atoms with Gasteiger partial charge in [-0.1, -0.05) is 0 Å². The molecule has 0 saturated carbocycles. The first-order valence-electron chi connectivity index (χ1n) is 4.16. The van der Waals surface area contributed by atoms with Crippen LogP contribution in [0.4, 0.5) is 4.39 Å². The molecule has 0 aliphatic carbocycles. The van der Waals surface area contributed by atoms with Crippen LogP contribution < -0.4 is 16.6 Å². The molecule has 15 heavy (non-hydrogen) atoms. The molecule has 0 radical (unpaired) electrons. The first-order valence-corrected chi connectivity index (χ1v) is 4.16. The van der Waals surface area contributed by atoms with Gasteiger partial charge in [0.1, 0.15) is 5.82 Å². The lowest BCUT2D eigenvalue weighted by Gasteiger charge is -2.03. The Balaban J connectivity index is 2.54. The number of carbonyl (C=O) groups excluding carboxylic acids is 2. The van der Waals surface area contributed by atoms with E-state index in [1.165, 1.54) is 12.1 Å². The zero-order valence-electron chi connectivity index (χ0n) is 7.79. The molecule has 0 aliphatic heterocycles. The molecule has 1 aromatic rings. The molecule has 0 spiro atoms. The molecule has 5 nitrogen and oxygen atoms in total. The van der Waals surface area contributed by atoms with E-state index in [2.05, 4.69) is 5.32 Å². The summed E-state index contributed by atoms with van der Waals surface area (Å²) in [5.41, 5.74) is 2.15. The summed E-state index contributed by atoms with van der Waals surface area (Å²) in [6, 6.07) is 4.98. The van der Waals surface area contributed by atoms with Crippen molar-refractivity contribution in [3.8, 4) is 0 Å². The molecule has 6 heteroatoms. The Kier molecular flexibility index (Phi) is 3.75. The molecule has 2 amide bonds. The van der Waals surface area contributed by atoms with Crippen molar-refractivity contribution in [2.75, 3.05) is 6.54 Å². The van der Waals surface area contributed by atoms with Gasteiger partial charge in [-0.2, -0.15) is 0 Å². The fraction of sp³-hybridized carbons (Fsp3) is 0.111. The van der Waals surface area contributed by atoms with Gasteiger partial charge >= 0.3 is 0 Å². The second kappa shape index (κ2) is 5.06. The van der Waals surface area contributed by atoms with Gasteiger partial charge in [0, 0.05) is 5.56 Å². The maximum absolute atomic E-state index is 12.5. The summed E-state index contributed by atoms with van der Waals surface area (Å²) < 4.78 is 12.5. The Morgan fingerprint density at radius 1 is 1.27 bits per heavy atom. The van der Waals surface area contributed by atoms with E-state index in [4.69, 9.17) is 5.84 Å². The summed E-state index contributed by atoms with van der Waals surface area (Å²) in [6.07, 6.45) is 0. The predicted molar refractivity (Wildman–Crippen MR) is 51.1 cm³/mol. The van der Waals surface area contributed by atoms with Gasteiger partial charge < -0.3 is 5.32 Å². The SMILES string of the molecule is NNC(=O)CNC(=O)c1ccc(F)cc1. The normalized spacial score (nSPS) is 9.47. The smallest absolute Gasteiger partial charge is 0.253 e. The molecule has 0 heterocycles. The van der Waals surface area contributed by atoms with Crippen LogP contribution in [-0.2, 0) is 4.79 Å². The lowest BCUT2D eigenvalue weighted by molar-refractivity contribution is -0.120. The van der Waals surface area contributed by atoms with E-state index in [1.807, 2.05) is 5.43 Å². The van der Waals surface area contributed by atoms with Crippen molar-refractivity contribution in [2.45, 2.75) is 0 Å². The third kappa shape index (κ3) is 3.35. The first kappa shape index (κ1) is 11.1. The summed E-state index contributed by atoms with van der Waals surface area (Å²) in [5, 5.41) is 2.32. The number of hydrogen-bond acceptors (Lipinski definition) is 3. The van der Waals surface area contributed by atoms with Gasteiger partial charge in [-0.15, -0.1) is 0 Å². The number of hydrogen-bond donors (Lipinski definition) is 3. The fourth-order valence-corrected chi connectivity index (χ4v) is 0.915. The van der Waals surface area contributed by atoms with E-state index < -0.39 is 17.6 Å². The average molecular weight is 211 g/mol. The van der Waals surface area contributed by atoms with Crippen LogP contribution >= 0.6 is 0 Å². The minimum Gasteiger partial charge on any atom is -0.343 e. The minimum absolute atomic E-state index is 0.216. The molecule has 1 aromatic carbocycles. The van der Waals surface area contributed by atoms with Crippen molar-refractivity contribution >= 4 is 11.8 Å². The Labute approximate surface area is 85.4 Å². The standard InChI is InChI=1S/C9H10FN3O2/c10-7-3-1-6(2-4-7)9(15)12-5-8(14)13-11/h1-4H,5,11H2,(H,12,15)(H,13,14). The number of benzene rings is 1. The number of hydrazine groups is 1. The molecule has 0 fully saturated rings. The van der Waals surface area contributed by atoms with Gasteiger partial charge in [-0.25, -0.2) is 10.2 Å². The third-order valence-corrected chi connectivity index (χ3v) is 1.68. The Morgan fingerprint density at radius 3 is 2.40 bits per heavy atom. The monoisotopic (exact) mass is 211 g/mol. The molecule has 0 aliphatic rings. The Morgan fingerprint density at radius 2 is 1.87 bits per heavy atom. The van der Waals surface area contributed by atoms with E-state index in [1.54, 1.807) is 0 Å². The molecule has 80 valence electrons. The average Bonchev–Trinajstić information content (AvgIpc) is 2.26. The van der Waals surface area contributed by atoms with Crippen molar-refractivity contribution in [3.05, 3.63) is 35.6 Å². The van der Waals surface area contributed by atoms with E-state index in [9.17, 15) is 14.0 Å². The topological polar surface area (TPSA) is 84.2 Å². The van der Waals surface area contributed by atoms with Crippen LogP contribution in [0, 0.1) is 5.82 Å². The van der Waals surface area contributed by atoms with Crippen molar-refractivity contribution in [1.82, 2.24) is 10.7 Å². The zero-order valence-corrected chi connectivity index (χ0v) is 7.79. The maximum Gasteiger partial charge on any atom is 0.253 e. The highest BCUT2D eigenvalue weighted by atomic mass is 19.1. The minimum atomic E-state index is -0.509. The highest BCUT2D eigenvalue weighted by molar-refractivity contribution is 5.96. The quantitative estimate of drug-likeness (QED) is 0.359. The number of amides is 2. The number of halogens is 1. The molecular weight excluding hydrogens is 201 g/mol. The van der Waals surface area contributed by atoms with Crippen LogP contribution in [0.5, 0.6) is 0 Å². The molecule has 0 aromatic heterocycles. The van der Waals surface area contributed by atoms with E-state index in [0.717, 1.165) is 12.1 Å². The molecule has 0 saturated heterocycles. The van der Waals surface area contributed by atoms with Gasteiger partial charge in [0.25, 0.3) is 11.8 Å². The van der Waals surface area contributed by atoms with Crippen LogP contribution in [0.15, 0.2) is 24.3 Å². The van der Waals surface area contributed by atoms with Gasteiger partial charge in [0.15, 0.2) is 0 Å². The van der Waals surface area contributed by atoms with Crippen LogP contribution in [0.2, 0.25) is 0 Å². The van der Waals surface area contributed by atoms with Crippen LogP contribution in [0.25, 0.3) is 0 Å². The van der Waals surface area contributed by atoms with Crippen molar-refractivity contribution < 1.29 is 14.0 Å². The molecule has 0 bridgehead atoms. The maximum atomic E-state index is 12.5. The van der Waals surface area contributed by atoms with Gasteiger partial charge in [-0.3, -0.25) is 15.0 Å². The van der Waals surface area contributed by atoms with Crippen molar-refractivity contribution in [2.24, 2.45) is 5.84 Å². The summed E-state index contributed by atoms with van der Waals surface area (Å²) in [5.74, 6) is 3.42. The first-order chi connectivity index (χ1) is 7.13. The van der Waals surface area contributed by atoms with Crippen LogP contribution in [0.1, 0.15) is 10.4 Å². The number of rotatable bonds is 3. The predicted octanol–water partition coefficient (Wildman–Crippen LogP) is -0.455. The van der Waals surface area contributed by atoms with Crippen molar-refractivity contribution in [1.29, 1.82) is 0 Å². The third-order valence-electron chi connectivity index (χ3n) is 1.68. The van der Waals surface area contributed by atoms with Gasteiger partial charge in [0.05, 0.1) is 6.54 Å². The lowest BCUT2D eigenvalue weighted by atomic mass is 10.2. The zero-order chi connectivity index (χ0) is 11.3. The van der Waals surface area contributed by atoms with E-state index in [-0.39, 0.29) is 12.1 Å². The van der Waals surface area contributed by atoms with Gasteiger partial charge in [-0.05, 0) is 24.3 Å². The highest BCUT2D eigenvalue weighted by Gasteiger charge is 2.06. The van der Waals surface area contributed by atoms with Crippen molar-refractivity contribution in [3.63, 3.8) is 0 Å². The highest BCUT2D eigenvalue weighted by Crippen LogP contribution is 2.01. The molecule has 4 N–H and O–H groups in total. The fourth-order valence-electron chi connectivity index (χ4n) is 0.915. The second-order valence-electron chi connectivity index (χ2n) is 2.76. The largest absolute Gasteiger partial charge is 0.343 e. The Hall–Kier alpha value is -1.95. The summed E-state index contributed by atoms with van der Waals surface area (Å²) in [4.78, 5) is 22.0. The summed E-state index contributed by atoms with van der Waals surface area (Å²) >= 11 is 0. The van der Waals surface area contributed by atoms with Crippen LogP contribution in [0.3, 0.4) is 0 Å². The number of carbonyl (C=O) groups is 2. The summed E-state index contributed by atoms with van der Waals surface area (Å²) in [7, 11) is 0. The molecule has 0 atom stereocenters. The molecular formula is C9H10FN3O2.